The van der Waals surface area contributed by atoms with E-state index in [-0.39, 0.29) is 24.2 Å². The van der Waals surface area contributed by atoms with E-state index in [1.54, 1.807) is 37.5 Å². The van der Waals surface area contributed by atoms with E-state index < -0.39 is 23.5 Å². The molecule has 0 aliphatic rings. The Balaban J connectivity index is 1.71. The molecule has 0 radical (unpaired) electrons. The number of nitrogens with one attached hydrogen (secondary N) is 1. The molecule has 4 aromatic rings. The van der Waals surface area contributed by atoms with Crippen LogP contribution in [0.2, 0.25) is 0 Å². The lowest BCUT2D eigenvalue weighted by Crippen LogP contribution is -2.48. The lowest BCUT2D eigenvalue weighted by atomic mass is 9.99. The van der Waals surface area contributed by atoms with E-state index in [4.69, 9.17) is 8.83 Å². The molecule has 4 rings (SSSR count). The summed E-state index contributed by atoms with van der Waals surface area (Å²) in [6.07, 6.45) is 3.26. The van der Waals surface area contributed by atoms with Gasteiger partial charge in [-0.1, -0.05) is 12.1 Å². The fraction of sp³-hybridized carbons (Fsp3) is 0.240. The number of rotatable bonds is 8. The van der Waals surface area contributed by atoms with Gasteiger partial charge in [-0.05, 0) is 54.7 Å². The van der Waals surface area contributed by atoms with Gasteiger partial charge in [0.2, 0.25) is 5.91 Å². The van der Waals surface area contributed by atoms with Crippen LogP contribution in [0.25, 0.3) is 33.1 Å². The smallest absolute Gasteiger partial charge is 0.340 e. The molecule has 0 aliphatic heterocycles. The van der Waals surface area contributed by atoms with Crippen molar-refractivity contribution in [2.45, 2.75) is 25.8 Å². The summed E-state index contributed by atoms with van der Waals surface area (Å²) in [5, 5.41) is 15.1. The number of thioether (sulfide) groups is 1. The van der Waals surface area contributed by atoms with E-state index in [9.17, 15) is 23.9 Å². The van der Waals surface area contributed by atoms with Gasteiger partial charge >= 0.3 is 5.63 Å². The topological polar surface area (TPSA) is 113 Å². The molecule has 1 atom stereocenters. The summed E-state index contributed by atoms with van der Waals surface area (Å²) in [6.45, 7) is 1.70. The van der Waals surface area contributed by atoms with Gasteiger partial charge in [0.15, 0.2) is 0 Å². The molecule has 2 aromatic heterocycles. The Labute approximate surface area is 197 Å². The number of benzene rings is 2. The molecule has 9 heteroatoms. The number of aliphatic carboxylic acids is 1. The van der Waals surface area contributed by atoms with Crippen molar-refractivity contribution in [3.8, 4) is 11.1 Å². The monoisotopic (exact) mass is 482 g/mol. The Morgan fingerprint density at radius 2 is 1.88 bits per heavy atom. The number of hydrogen-bond donors (Lipinski definition) is 1. The summed E-state index contributed by atoms with van der Waals surface area (Å²) in [5.74, 6) is -1.80. The quantitative estimate of drug-likeness (QED) is 0.384. The van der Waals surface area contributed by atoms with Crippen LogP contribution in [0.3, 0.4) is 0 Å². The largest absolute Gasteiger partial charge is 0.548 e. The zero-order valence-electron chi connectivity index (χ0n) is 18.5. The van der Waals surface area contributed by atoms with Crippen molar-refractivity contribution in [2.24, 2.45) is 0 Å². The van der Waals surface area contributed by atoms with Crippen LogP contribution in [-0.4, -0.2) is 29.9 Å². The number of carbonyl (C=O) groups is 2. The Bertz CT molecular complexity index is 1440. The molecule has 2 heterocycles. The molecule has 0 saturated carbocycles. The average Bonchev–Trinajstić information content (AvgIpc) is 3.21. The van der Waals surface area contributed by atoms with Gasteiger partial charge in [0.05, 0.1) is 30.3 Å². The average molecular weight is 483 g/mol. The van der Waals surface area contributed by atoms with Crippen molar-refractivity contribution in [2.75, 3.05) is 12.0 Å². The van der Waals surface area contributed by atoms with Crippen molar-refractivity contribution >= 4 is 45.6 Å². The first-order chi connectivity index (χ1) is 16.3. The number of fused-ring (bicyclic) bond motifs is 2. The predicted molar refractivity (Wildman–Crippen MR) is 126 cm³/mol. The summed E-state index contributed by atoms with van der Waals surface area (Å²) < 4.78 is 24.4. The van der Waals surface area contributed by atoms with Crippen LogP contribution in [-0.2, 0) is 16.0 Å². The van der Waals surface area contributed by atoms with E-state index in [1.807, 2.05) is 6.26 Å². The molecular formula is C25H21FNO6S-. The zero-order chi connectivity index (χ0) is 24.4. The third-order valence-electron chi connectivity index (χ3n) is 5.70. The minimum absolute atomic E-state index is 0.137. The van der Waals surface area contributed by atoms with Gasteiger partial charge in [0.25, 0.3) is 0 Å². The molecule has 176 valence electrons. The van der Waals surface area contributed by atoms with E-state index in [0.29, 0.717) is 27.9 Å². The van der Waals surface area contributed by atoms with Gasteiger partial charge in [-0.3, -0.25) is 4.79 Å². The van der Waals surface area contributed by atoms with Crippen molar-refractivity contribution < 1.29 is 27.9 Å². The van der Waals surface area contributed by atoms with Crippen LogP contribution in [0.15, 0.2) is 56.3 Å². The Hall–Kier alpha value is -3.59. The number of hydrogen-bond acceptors (Lipinski definition) is 7. The zero-order valence-corrected chi connectivity index (χ0v) is 19.3. The number of aryl methyl sites for hydroxylation is 1. The fourth-order valence-corrected chi connectivity index (χ4v) is 4.33. The summed E-state index contributed by atoms with van der Waals surface area (Å²) in [5.41, 5.74) is 2.29. The summed E-state index contributed by atoms with van der Waals surface area (Å²) in [6, 6.07) is 8.26. The second-order valence-electron chi connectivity index (χ2n) is 7.89. The maximum Gasteiger partial charge on any atom is 0.340 e. The normalized spacial score (nSPS) is 12.2. The van der Waals surface area contributed by atoms with Gasteiger partial charge in [0.1, 0.15) is 17.0 Å². The van der Waals surface area contributed by atoms with Crippen LogP contribution in [0.1, 0.15) is 17.5 Å². The van der Waals surface area contributed by atoms with Gasteiger partial charge in [0, 0.05) is 22.4 Å². The second-order valence-corrected chi connectivity index (χ2v) is 8.88. The van der Waals surface area contributed by atoms with Crippen molar-refractivity contribution in [1.29, 1.82) is 0 Å². The summed E-state index contributed by atoms with van der Waals surface area (Å²) in [7, 11) is 0. The van der Waals surface area contributed by atoms with Crippen LogP contribution < -0.4 is 16.0 Å². The van der Waals surface area contributed by atoms with E-state index in [2.05, 4.69) is 5.32 Å². The highest BCUT2D eigenvalue weighted by atomic mass is 32.2. The SMILES string of the molecule is CSCC[C@H](NC(=O)Cc1c(C)c2cc3c(-c4ccc(F)cc4)coc3cc2oc1=O)C(=O)[O-]. The molecule has 0 fully saturated rings. The Morgan fingerprint density at radius 3 is 2.56 bits per heavy atom. The molecule has 2 aromatic carbocycles. The standard InChI is InChI=1S/C25H22FNO6S/c1-13-16-9-18-19(14-3-5-15(26)6-4-14)12-32-21(18)11-22(16)33-25(31)17(13)10-23(28)27-20(24(29)30)7-8-34-2/h3-6,9,11-12,20H,7-8,10H2,1-2H3,(H,27,28)(H,29,30)/p-1/t20-/m0/s1. The van der Waals surface area contributed by atoms with Crippen molar-refractivity contribution in [3.05, 3.63) is 70.0 Å². The van der Waals surface area contributed by atoms with Crippen LogP contribution in [0.5, 0.6) is 0 Å². The highest BCUT2D eigenvalue weighted by molar-refractivity contribution is 7.98. The van der Waals surface area contributed by atoms with Crippen LogP contribution in [0.4, 0.5) is 4.39 Å². The van der Waals surface area contributed by atoms with Crippen LogP contribution in [0, 0.1) is 12.7 Å². The molecule has 0 spiro atoms. The molecule has 1 N–H and O–H groups in total. The number of carboxylic acids is 1. The second kappa shape index (κ2) is 9.72. The number of carbonyl (C=O) groups excluding carboxylic acids is 2. The number of amides is 1. The molecule has 1 amide bonds. The van der Waals surface area contributed by atoms with E-state index >= 15 is 0 Å². The molecule has 0 unspecified atom stereocenters. The maximum atomic E-state index is 13.3. The minimum atomic E-state index is -1.37. The first kappa shape index (κ1) is 23.6. The first-order valence-corrected chi connectivity index (χ1v) is 11.9. The lowest BCUT2D eigenvalue weighted by molar-refractivity contribution is -0.308. The highest BCUT2D eigenvalue weighted by Crippen LogP contribution is 2.34. The maximum absolute atomic E-state index is 13.3. The number of carboxylic acid groups (broad SMARTS) is 1. The molecule has 34 heavy (non-hydrogen) atoms. The number of furan rings is 1. The molecular weight excluding hydrogens is 461 g/mol. The minimum Gasteiger partial charge on any atom is -0.548 e. The first-order valence-electron chi connectivity index (χ1n) is 10.5. The highest BCUT2D eigenvalue weighted by Gasteiger charge is 2.20. The predicted octanol–water partition coefficient (Wildman–Crippen LogP) is 3.18. The Morgan fingerprint density at radius 1 is 1.15 bits per heavy atom. The van der Waals surface area contributed by atoms with E-state index in [1.165, 1.54) is 23.9 Å². The third kappa shape index (κ3) is 4.70. The van der Waals surface area contributed by atoms with E-state index in [0.717, 1.165) is 16.5 Å². The van der Waals surface area contributed by atoms with Crippen LogP contribution >= 0.6 is 11.8 Å². The lowest BCUT2D eigenvalue weighted by Gasteiger charge is -2.19. The van der Waals surface area contributed by atoms with Gasteiger partial charge in [-0.15, -0.1) is 0 Å². The molecule has 7 nitrogen and oxygen atoms in total. The molecule has 0 aliphatic carbocycles. The summed E-state index contributed by atoms with van der Waals surface area (Å²) >= 11 is 1.45. The fourth-order valence-electron chi connectivity index (χ4n) is 3.86. The van der Waals surface area contributed by atoms with Crippen molar-refractivity contribution in [3.63, 3.8) is 0 Å². The summed E-state index contributed by atoms with van der Waals surface area (Å²) in [4.78, 5) is 36.5. The molecule has 0 bridgehead atoms. The number of halogens is 1. The third-order valence-corrected chi connectivity index (χ3v) is 6.35. The van der Waals surface area contributed by atoms with Gasteiger partial charge in [-0.25, -0.2) is 9.18 Å². The van der Waals surface area contributed by atoms with Gasteiger partial charge in [-0.2, -0.15) is 11.8 Å². The van der Waals surface area contributed by atoms with Crippen molar-refractivity contribution in [1.82, 2.24) is 5.32 Å². The van der Waals surface area contributed by atoms with Gasteiger partial charge < -0.3 is 24.1 Å². The molecule has 0 saturated heterocycles. The Kier molecular flexibility index (Phi) is 6.74.